The molecule has 3 rings (SSSR count). The number of hydrogen-bond acceptors (Lipinski definition) is 4. The molecule has 0 aliphatic heterocycles. The fraction of sp³-hybridized carbons (Fsp3) is 0.310. The Kier molecular flexibility index (Phi) is 9.92. The summed E-state index contributed by atoms with van der Waals surface area (Å²) in [6.07, 6.45) is 0.983. The summed E-state index contributed by atoms with van der Waals surface area (Å²) in [6, 6.07) is 17.0. The molecule has 1 atom stereocenters. The highest BCUT2D eigenvalue weighted by atomic mass is 35.5. The van der Waals surface area contributed by atoms with E-state index in [0.717, 1.165) is 28.3 Å². The average Bonchev–Trinajstić information content (AvgIpc) is 2.86. The first-order valence-corrected chi connectivity index (χ1v) is 14.7. The molecule has 11 heteroatoms. The van der Waals surface area contributed by atoms with Gasteiger partial charge in [0, 0.05) is 24.1 Å². The predicted molar refractivity (Wildman–Crippen MR) is 152 cm³/mol. The summed E-state index contributed by atoms with van der Waals surface area (Å²) in [7, 11) is -4.06. The maximum atomic E-state index is 14.8. The van der Waals surface area contributed by atoms with Crippen molar-refractivity contribution in [3.8, 4) is 0 Å². The molecule has 0 aliphatic carbocycles. The third-order valence-electron chi connectivity index (χ3n) is 5.94. The Morgan fingerprint density at radius 3 is 2.15 bits per heavy atom. The molecule has 0 aromatic heterocycles. The summed E-state index contributed by atoms with van der Waals surface area (Å²) < 4.78 is 54.9. The SMILES string of the molecule is CC(C)(C)NC(=O)[C@H](Cc1ccccc1)N(Cc1ccccc1F)C(=O)CN(c1ccc(F)c(Cl)c1)S(C)(=O)=O. The van der Waals surface area contributed by atoms with E-state index < -0.39 is 51.6 Å². The van der Waals surface area contributed by atoms with E-state index in [2.05, 4.69) is 5.32 Å². The number of amides is 2. The molecule has 0 spiro atoms. The van der Waals surface area contributed by atoms with E-state index in [-0.39, 0.29) is 29.2 Å². The van der Waals surface area contributed by atoms with Gasteiger partial charge in [-0.15, -0.1) is 0 Å². The van der Waals surface area contributed by atoms with Crippen molar-refractivity contribution in [3.05, 3.63) is 101 Å². The van der Waals surface area contributed by atoms with Gasteiger partial charge in [0.05, 0.1) is 17.0 Å². The highest BCUT2D eigenvalue weighted by Crippen LogP contribution is 2.25. The van der Waals surface area contributed by atoms with E-state index in [1.807, 2.05) is 6.07 Å². The largest absolute Gasteiger partial charge is 0.350 e. The Balaban J connectivity index is 2.10. The van der Waals surface area contributed by atoms with E-state index in [4.69, 9.17) is 11.6 Å². The third-order valence-corrected chi connectivity index (χ3v) is 7.37. The monoisotopic (exact) mass is 591 g/mol. The number of anilines is 1. The van der Waals surface area contributed by atoms with Gasteiger partial charge in [-0.25, -0.2) is 17.2 Å². The minimum atomic E-state index is -4.06. The number of carbonyl (C=O) groups excluding carboxylic acids is 2. The van der Waals surface area contributed by atoms with Crippen LogP contribution in [0, 0.1) is 11.6 Å². The fourth-order valence-electron chi connectivity index (χ4n) is 4.07. The molecule has 7 nitrogen and oxygen atoms in total. The second kappa shape index (κ2) is 12.8. The van der Waals surface area contributed by atoms with Gasteiger partial charge in [0.25, 0.3) is 0 Å². The van der Waals surface area contributed by atoms with Crippen molar-refractivity contribution in [1.82, 2.24) is 10.2 Å². The van der Waals surface area contributed by atoms with Crippen molar-refractivity contribution in [2.24, 2.45) is 0 Å². The maximum Gasteiger partial charge on any atom is 0.244 e. The standard InChI is InChI=1S/C29H32ClF2N3O4S/c1-29(2,3)33-28(37)26(16-20-10-6-5-7-11-20)34(18-21-12-8-9-13-24(21)31)27(36)19-35(40(4,38)39)22-14-15-25(32)23(30)17-22/h5-15,17,26H,16,18-19H2,1-4H3,(H,33,37)/t26-/m0/s1. The molecule has 0 aliphatic rings. The number of nitrogens with zero attached hydrogens (tertiary/aromatic N) is 2. The van der Waals surface area contributed by atoms with E-state index in [0.29, 0.717) is 0 Å². The van der Waals surface area contributed by atoms with Gasteiger partial charge in [-0.1, -0.05) is 60.1 Å². The first-order valence-electron chi connectivity index (χ1n) is 12.5. The number of carbonyl (C=O) groups is 2. The van der Waals surface area contributed by atoms with Gasteiger partial charge in [-0.2, -0.15) is 0 Å². The Morgan fingerprint density at radius 2 is 1.57 bits per heavy atom. The number of sulfonamides is 1. The predicted octanol–water partition coefficient (Wildman–Crippen LogP) is 4.94. The van der Waals surface area contributed by atoms with Crippen molar-refractivity contribution in [2.45, 2.75) is 45.3 Å². The Hall–Kier alpha value is -3.50. The highest BCUT2D eigenvalue weighted by molar-refractivity contribution is 7.92. The molecule has 2 amide bonds. The summed E-state index contributed by atoms with van der Waals surface area (Å²) in [5.74, 6) is -2.59. The molecule has 0 bridgehead atoms. The van der Waals surface area contributed by atoms with Crippen LogP contribution in [0.1, 0.15) is 31.9 Å². The lowest BCUT2D eigenvalue weighted by atomic mass is 10.0. The molecule has 0 saturated carbocycles. The lowest BCUT2D eigenvalue weighted by molar-refractivity contribution is -0.140. The zero-order valence-electron chi connectivity index (χ0n) is 22.7. The Morgan fingerprint density at radius 1 is 0.950 bits per heavy atom. The molecule has 0 fully saturated rings. The van der Waals surface area contributed by atoms with Gasteiger partial charge in [0.1, 0.15) is 24.2 Å². The zero-order valence-corrected chi connectivity index (χ0v) is 24.3. The van der Waals surface area contributed by atoms with Gasteiger partial charge in [0.2, 0.25) is 21.8 Å². The summed E-state index contributed by atoms with van der Waals surface area (Å²) in [5, 5.41) is 2.56. The molecular formula is C29H32ClF2N3O4S. The van der Waals surface area contributed by atoms with Crippen molar-refractivity contribution < 1.29 is 26.8 Å². The normalized spacial score (nSPS) is 12.5. The van der Waals surface area contributed by atoms with Crippen molar-refractivity contribution in [1.29, 1.82) is 0 Å². The number of nitrogens with one attached hydrogen (secondary N) is 1. The smallest absolute Gasteiger partial charge is 0.244 e. The van der Waals surface area contributed by atoms with Crippen molar-refractivity contribution >= 4 is 39.1 Å². The van der Waals surface area contributed by atoms with Crippen LogP contribution in [0.4, 0.5) is 14.5 Å². The minimum Gasteiger partial charge on any atom is -0.350 e. The zero-order chi connectivity index (χ0) is 29.7. The van der Waals surface area contributed by atoms with E-state index in [9.17, 15) is 26.8 Å². The van der Waals surface area contributed by atoms with Crippen LogP contribution < -0.4 is 9.62 Å². The lowest BCUT2D eigenvalue weighted by Gasteiger charge is -2.35. The summed E-state index contributed by atoms with van der Waals surface area (Å²) in [5.41, 5.74) is 0.204. The number of hydrogen-bond donors (Lipinski definition) is 1. The highest BCUT2D eigenvalue weighted by Gasteiger charge is 2.34. The van der Waals surface area contributed by atoms with Gasteiger partial charge in [-0.3, -0.25) is 13.9 Å². The molecule has 214 valence electrons. The Labute approximate surface area is 238 Å². The maximum absolute atomic E-state index is 14.8. The molecule has 1 N–H and O–H groups in total. The summed E-state index contributed by atoms with van der Waals surface area (Å²) >= 11 is 5.89. The van der Waals surface area contributed by atoms with Crippen LogP contribution in [-0.2, 0) is 32.6 Å². The van der Waals surface area contributed by atoms with Crippen molar-refractivity contribution in [3.63, 3.8) is 0 Å². The van der Waals surface area contributed by atoms with Crippen LogP contribution in [0.15, 0.2) is 72.8 Å². The van der Waals surface area contributed by atoms with Crippen LogP contribution >= 0.6 is 11.6 Å². The molecular weight excluding hydrogens is 560 g/mol. The molecule has 0 saturated heterocycles. The quantitative estimate of drug-likeness (QED) is 0.362. The molecule has 0 unspecified atom stereocenters. The van der Waals surface area contributed by atoms with Crippen molar-refractivity contribution in [2.75, 3.05) is 17.1 Å². The fourth-order valence-corrected chi connectivity index (χ4v) is 5.09. The molecule has 0 heterocycles. The van der Waals surface area contributed by atoms with Gasteiger partial charge in [0.15, 0.2) is 0 Å². The van der Waals surface area contributed by atoms with Crippen LogP contribution in [0.25, 0.3) is 0 Å². The topological polar surface area (TPSA) is 86.8 Å². The van der Waals surface area contributed by atoms with Crippen LogP contribution in [0.2, 0.25) is 5.02 Å². The van der Waals surface area contributed by atoms with Crippen LogP contribution in [-0.4, -0.2) is 49.5 Å². The average molecular weight is 592 g/mol. The third kappa shape index (κ3) is 8.50. The first-order chi connectivity index (χ1) is 18.7. The number of benzene rings is 3. The van der Waals surface area contributed by atoms with Crippen LogP contribution in [0.3, 0.4) is 0 Å². The van der Waals surface area contributed by atoms with E-state index in [1.165, 1.54) is 29.2 Å². The number of halogens is 3. The second-order valence-electron chi connectivity index (χ2n) is 10.4. The summed E-state index contributed by atoms with van der Waals surface area (Å²) in [4.78, 5) is 28.8. The molecule has 3 aromatic rings. The first kappa shape index (κ1) is 31.0. The molecule has 3 aromatic carbocycles. The molecule has 0 radical (unpaired) electrons. The van der Waals surface area contributed by atoms with Gasteiger partial charge in [-0.05, 0) is 50.6 Å². The van der Waals surface area contributed by atoms with Gasteiger partial charge >= 0.3 is 0 Å². The lowest BCUT2D eigenvalue weighted by Crippen LogP contribution is -2.56. The van der Waals surface area contributed by atoms with Gasteiger partial charge < -0.3 is 10.2 Å². The summed E-state index contributed by atoms with van der Waals surface area (Å²) in [6.45, 7) is 4.33. The second-order valence-corrected chi connectivity index (χ2v) is 12.7. The minimum absolute atomic E-state index is 0.0353. The van der Waals surface area contributed by atoms with E-state index >= 15 is 0 Å². The Bertz CT molecular complexity index is 1460. The number of rotatable bonds is 10. The van der Waals surface area contributed by atoms with Crippen LogP contribution in [0.5, 0.6) is 0 Å². The molecule has 40 heavy (non-hydrogen) atoms. The van der Waals surface area contributed by atoms with E-state index in [1.54, 1.807) is 51.1 Å².